The molecule has 2 rings (SSSR count). The standard InChI is InChI=1S/C15H13BrO/c1-10-4-3-5-11(2)15(10)13-6-12(9-17)7-14(16)8-13/h3-9H,1-2H3. The van der Waals surface area contributed by atoms with E-state index in [-0.39, 0.29) is 0 Å². The molecule has 0 amide bonds. The second kappa shape index (κ2) is 4.84. The Hall–Kier alpha value is -1.41. The number of carbonyl (C=O) groups excluding carboxylic acids is 1. The third-order valence-electron chi connectivity index (χ3n) is 2.83. The van der Waals surface area contributed by atoms with Gasteiger partial charge in [0.25, 0.3) is 0 Å². The number of hydrogen-bond donors (Lipinski definition) is 0. The summed E-state index contributed by atoms with van der Waals surface area (Å²) in [5, 5.41) is 0. The molecule has 0 aliphatic heterocycles. The van der Waals surface area contributed by atoms with Crippen LogP contribution in [0.25, 0.3) is 11.1 Å². The highest BCUT2D eigenvalue weighted by molar-refractivity contribution is 9.10. The van der Waals surface area contributed by atoms with E-state index in [1.54, 1.807) is 0 Å². The van der Waals surface area contributed by atoms with Crippen molar-refractivity contribution in [1.29, 1.82) is 0 Å². The van der Waals surface area contributed by atoms with Gasteiger partial charge in [-0.25, -0.2) is 0 Å². The molecule has 0 fully saturated rings. The van der Waals surface area contributed by atoms with Crippen LogP contribution in [-0.4, -0.2) is 6.29 Å². The average Bonchev–Trinajstić information content (AvgIpc) is 2.28. The Morgan fingerprint density at radius 1 is 1.06 bits per heavy atom. The molecule has 0 aliphatic carbocycles. The Bertz CT molecular complexity index is 553. The Morgan fingerprint density at radius 2 is 1.71 bits per heavy atom. The summed E-state index contributed by atoms with van der Waals surface area (Å²) < 4.78 is 0.930. The lowest BCUT2D eigenvalue weighted by Crippen LogP contribution is -1.90. The van der Waals surface area contributed by atoms with Gasteiger partial charge in [-0.2, -0.15) is 0 Å². The number of rotatable bonds is 2. The highest BCUT2D eigenvalue weighted by Gasteiger charge is 2.07. The zero-order valence-corrected chi connectivity index (χ0v) is 11.4. The van der Waals surface area contributed by atoms with E-state index in [0.29, 0.717) is 5.56 Å². The van der Waals surface area contributed by atoms with Crippen LogP contribution in [0.1, 0.15) is 21.5 Å². The van der Waals surface area contributed by atoms with Crippen molar-refractivity contribution in [2.24, 2.45) is 0 Å². The Kier molecular flexibility index (Phi) is 3.43. The monoisotopic (exact) mass is 288 g/mol. The van der Waals surface area contributed by atoms with Gasteiger partial charge in [-0.3, -0.25) is 4.79 Å². The topological polar surface area (TPSA) is 17.1 Å². The van der Waals surface area contributed by atoms with Crippen LogP contribution in [0.2, 0.25) is 0 Å². The second-order valence-electron chi connectivity index (χ2n) is 4.16. The van der Waals surface area contributed by atoms with E-state index in [4.69, 9.17) is 0 Å². The van der Waals surface area contributed by atoms with Crippen molar-refractivity contribution in [1.82, 2.24) is 0 Å². The van der Waals surface area contributed by atoms with Gasteiger partial charge < -0.3 is 0 Å². The summed E-state index contributed by atoms with van der Waals surface area (Å²) in [5.41, 5.74) is 5.42. The first-order chi connectivity index (χ1) is 8.11. The summed E-state index contributed by atoms with van der Waals surface area (Å²) in [6.45, 7) is 4.17. The quantitative estimate of drug-likeness (QED) is 0.741. The van der Waals surface area contributed by atoms with Crippen LogP contribution in [0.5, 0.6) is 0 Å². The molecule has 2 aromatic carbocycles. The fraction of sp³-hybridized carbons (Fsp3) is 0.133. The lowest BCUT2D eigenvalue weighted by atomic mass is 9.95. The van der Waals surface area contributed by atoms with Crippen molar-refractivity contribution < 1.29 is 4.79 Å². The summed E-state index contributed by atoms with van der Waals surface area (Å²) in [4.78, 5) is 10.9. The fourth-order valence-corrected chi connectivity index (χ4v) is 2.61. The molecule has 0 spiro atoms. The zero-order chi connectivity index (χ0) is 12.4. The molecule has 0 aliphatic rings. The van der Waals surface area contributed by atoms with Crippen molar-refractivity contribution >= 4 is 22.2 Å². The third-order valence-corrected chi connectivity index (χ3v) is 3.28. The molecule has 0 atom stereocenters. The summed E-state index contributed by atoms with van der Waals surface area (Å²) >= 11 is 3.44. The molecule has 0 saturated heterocycles. The summed E-state index contributed by atoms with van der Waals surface area (Å²) in [6, 6.07) is 12.0. The van der Waals surface area contributed by atoms with Crippen molar-refractivity contribution in [2.75, 3.05) is 0 Å². The highest BCUT2D eigenvalue weighted by atomic mass is 79.9. The van der Waals surface area contributed by atoms with Crippen molar-refractivity contribution in [3.05, 3.63) is 57.6 Å². The summed E-state index contributed by atoms with van der Waals surface area (Å²) in [5.74, 6) is 0. The Balaban J connectivity index is 2.68. The van der Waals surface area contributed by atoms with Gasteiger partial charge in [-0.15, -0.1) is 0 Å². The molecule has 17 heavy (non-hydrogen) atoms. The maximum Gasteiger partial charge on any atom is 0.150 e. The number of halogens is 1. The zero-order valence-electron chi connectivity index (χ0n) is 9.83. The third kappa shape index (κ3) is 2.47. The van der Waals surface area contributed by atoms with Crippen LogP contribution >= 0.6 is 15.9 Å². The lowest BCUT2D eigenvalue weighted by molar-refractivity contribution is 0.112. The van der Waals surface area contributed by atoms with Crippen LogP contribution in [0.15, 0.2) is 40.9 Å². The van der Waals surface area contributed by atoms with Crippen molar-refractivity contribution in [3.63, 3.8) is 0 Å². The van der Waals surface area contributed by atoms with Crippen LogP contribution in [-0.2, 0) is 0 Å². The molecular formula is C15H13BrO. The maximum absolute atomic E-state index is 10.9. The molecule has 0 radical (unpaired) electrons. The van der Waals surface area contributed by atoms with Gasteiger partial charge in [0.15, 0.2) is 0 Å². The molecule has 0 heterocycles. The van der Waals surface area contributed by atoms with Crippen LogP contribution in [0.4, 0.5) is 0 Å². The molecule has 0 unspecified atom stereocenters. The van der Waals surface area contributed by atoms with Gasteiger partial charge in [0.05, 0.1) is 0 Å². The van der Waals surface area contributed by atoms with Gasteiger partial charge in [0.2, 0.25) is 0 Å². The predicted octanol–water partition coefficient (Wildman–Crippen LogP) is 4.55. The summed E-state index contributed by atoms with van der Waals surface area (Å²) in [7, 11) is 0. The van der Waals surface area contributed by atoms with Gasteiger partial charge in [0, 0.05) is 10.0 Å². The van der Waals surface area contributed by atoms with E-state index < -0.39 is 0 Å². The molecular weight excluding hydrogens is 276 g/mol. The van der Waals surface area contributed by atoms with Crippen molar-refractivity contribution in [2.45, 2.75) is 13.8 Å². The number of carbonyl (C=O) groups is 1. The van der Waals surface area contributed by atoms with Crippen LogP contribution in [0, 0.1) is 13.8 Å². The van der Waals surface area contributed by atoms with Gasteiger partial charge in [-0.05, 0) is 54.3 Å². The number of aryl methyl sites for hydroxylation is 2. The normalized spacial score (nSPS) is 10.3. The van der Waals surface area contributed by atoms with Gasteiger partial charge >= 0.3 is 0 Å². The molecule has 0 N–H and O–H groups in total. The molecule has 0 bridgehead atoms. The minimum Gasteiger partial charge on any atom is -0.298 e. The number of benzene rings is 2. The van der Waals surface area contributed by atoms with E-state index in [2.05, 4.69) is 41.9 Å². The van der Waals surface area contributed by atoms with E-state index >= 15 is 0 Å². The molecule has 0 aromatic heterocycles. The molecule has 86 valence electrons. The number of aldehydes is 1. The highest BCUT2D eigenvalue weighted by Crippen LogP contribution is 2.30. The molecule has 2 aromatic rings. The van der Waals surface area contributed by atoms with Gasteiger partial charge in [-0.1, -0.05) is 34.1 Å². The van der Waals surface area contributed by atoms with E-state index in [0.717, 1.165) is 16.3 Å². The first-order valence-electron chi connectivity index (χ1n) is 5.44. The average molecular weight is 289 g/mol. The molecule has 2 heteroatoms. The largest absolute Gasteiger partial charge is 0.298 e. The van der Waals surface area contributed by atoms with E-state index in [1.807, 2.05) is 24.3 Å². The maximum atomic E-state index is 10.9. The first kappa shape index (κ1) is 12.1. The second-order valence-corrected chi connectivity index (χ2v) is 5.07. The first-order valence-corrected chi connectivity index (χ1v) is 6.23. The van der Waals surface area contributed by atoms with Crippen LogP contribution in [0.3, 0.4) is 0 Å². The lowest BCUT2D eigenvalue weighted by Gasteiger charge is -2.11. The Labute approximate surface area is 110 Å². The van der Waals surface area contributed by atoms with E-state index in [1.165, 1.54) is 16.7 Å². The van der Waals surface area contributed by atoms with Gasteiger partial charge in [0.1, 0.15) is 6.29 Å². The predicted molar refractivity (Wildman–Crippen MR) is 74.4 cm³/mol. The fourth-order valence-electron chi connectivity index (χ4n) is 2.09. The summed E-state index contributed by atoms with van der Waals surface area (Å²) in [6.07, 6.45) is 0.877. The Morgan fingerprint density at radius 3 is 2.29 bits per heavy atom. The minimum absolute atomic E-state index is 0.692. The SMILES string of the molecule is Cc1cccc(C)c1-c1cc(Br)cc(C=O)c1. The minimum atomic E-state index is 0.692. The van der Waals surface area contributed by atoms with Crippen molar-refractivity contribution in [3.8, 4) is 11.1 Å². The van der Waals surface area contributed by atoms with E-state index in [9.17, 15) is 4.79 Å². The smallest absolute Gasteiger partial charge is 0.150 e. The molecule has 0 saturated carbocycles. The number of hydrogen-bond acceptors (Lipinski definition) is 1. The van der Waals surface area contributed by atoms with Crippen LogP contribution < -0.4 is 0 Å². The molecule has 1 nitrogen and oxygen atoms in total.